The number of carbonyl (C=O) groups excluding carboxylic acids is 1. The number of carbonyl (C=O) groups is 1. The fourth-order valence-electron chi connectivity index (χ4n) is 3.12. The highest BCUT2D eigenvalue weighted by Gasteiger charge is 2.30. The van der Waals surface area contributed by atoms with Crippen LogP contribution in [0.15, 0.2) is 36.7 Å². The molecule has 2 heterocycles. The number of hydrogen-bond acceptors (Lipinski definition) is 6. The highest BCUT2D eigenvalue weighted by atomic mass is 16.5. The van der Waals surface area contributed by atoms with Gasteiger partial charge in [-0.25, -0.2) is 14.8 Å². The normalized spacial score (nSPS) is 13.6. The highest BCUT2D eigenvalue weighted by Crippen LogP contribution is 2.40. The topological polar surface area (TPSA) is 77.0 Å². The molecule has 26 heavy (non-hydrogen) atoms. The molecule has 0 radical (unpaired) electrons. The van der Waals surface area contributed by atoms with Gasteiger partial charge in [-0.3, -0.25) is 4.98 Å². The van der Waals surface area contributed by atoms with Crippen molar-refractivity contribution >= 4 is 22.7 Å². The van der Waals surface area contributed by atoms with E-state index in [4.69, 9.17) is 9.72 Å². The van der Waals surface area contributed by atoms with Gasteiger partial charge in [0.1, 0.15) is 12.1 Å². The molecular formula is C20H20N4O2. The number of aromatic nitrogens is 3. The molecule has 1 aromatic carbocycles. The van der Waals surface area contributed by atoms with E-state index in [1.165, 1.54) is 7.11 Å². The number of ether oxygens (including phenoxy) is 1. The molecule has 0 atom stereocenters. The van der Waals surface area contributed by atoms with Crippen molar-refractivity contribution in [2.75, 3.05) is 12.4 Å². The van der Waals surface area contributed by atoms with Crippen LogP contribution in [0.2, 0.25) is 0 Å². The number of benzene rings is 1. The van der Waals surface area contributed by atoms with Crippen LogP contribution in [0.25, 0.3) is 10.9 Å². The molecule has 2 aromatic heterocycles. The van der Waals surface area contributed by atoms with Gasteiger partial charge in [0.2, 0.25) is 0 Å². The van der Waals surface area contributed by atoms with Crippen molar-refractivity contribution in [3.05, 3.63) is 59.2 Å². The van der Waals surface area contributed by atoms with Crippen LogP contribution < -0.4 is 5.32 Å². The fourth-order valence-corrected chi connectivity index (χ4v) is 3.12. The fraction of sp³-hybridized carbons (Fsp3) is 0.300. The Bertz CT molecular complexity index is 983. The standard InChI is InChI=1S/C20H20N4O2/c1-12-4-3-5-15-17(12)22-11-23-19(15)21-10-14-8-9-16(20(25)26-2)18(24-14)13-6-7-13/h3-5,8-9,11,13H,6-7,10H2,1-2H3,(H,21,22,23). The summed E-state index contributed by atoms with van der Waals surface area (Å²) in [5.41, 5.74) is 4.35. The minimum absolute atomic E-state index is 0.323. The van der Waals surface area contributed by atoms with Crippen LogP contribution >= 0.6 is 0 Å². The van der Waals surface area contributed by atoms with E-state index in [1.807, 2.05) is 37.3 Å². The molecule has 132 valence electrons. The van der Waals surface area contributed by atoms with E-state index in [1.54, 1.807) is 6.33 Å². The molecular weight excluding hydrogens is 328 g/mol. The Labute approximate surface area is 151 Å². The first kappa shape index (κ1) is 16.4. The zero-order valence-corrected chi connectivity index (χ0v) is 14.8. The molecule has 1 aliphatic rings. The molecule has 6 heteroatoms. The Hall–Kier alpha value is -3.02. The highest BCUT2D eigenvalue weighted by molar-refractivity contribution is 5.91. The average Bonchev–Trinajstić information content (AvgIpc) is 3.51. The van der Waals surface area contributed by atoms with Crippen molar-refractivity contribution < 1.29 is 9.53 Å². The Morgan fingerprint density at radius 3 is 2.85 bits per heavy atom. The number of fused-ring (bicyclic) bond motifs is 1. The first-order chi connectivity index (χ1) is 12.7. The van der Waals surface area contributed by atoms with E-state index < -0.39 is 0 Å². The maximum atomic E-state index is 11.9. The van der Waals surface area contributed by atoms with Gasteiger partial charge in [-0.2, -0.15) is 0 Å². The maximum absolute atomic E-state index is 11.9. The summed E-state index contributed by atoms with van der Waals surface area (Å²) < 4.78 is 4.87. The van der Waals surface area contributed by atoms with Crippen LogP contribution in [0, 0.1) is 6.92 Å². The third-order valence-corrected chi connectivity index (χ3v) is 4.66. The number of nitrogens with zero attached hydrogens (tertiary/aromatic N) is 3. The number of aryl methyl sites for hydroxylation is 1. The van der Waals surface area contributed by atoms with E-state index in [-0.39, 0.29) is 5.97 Å². The number of para-hydroxylation sites is 1. The number of anilines is 1. The second kappa shape index (κ2) is 6.71. The maximum Gasteiger partial charge on any atom is 0.339 e. The minimum atomic E-state index is -0.323. The van der Waals surface area contributed by atoms with Gasteiger partial charge in [-0.15, -0.1) is 0 Å². The molecule has 1 fully saturated rings. The summed E-state index contributed by atoms with van der Waals surface area (Å²) in [7, 11) is 1.40. The van der Waals surface area contributed by atoms with Crippen LogP contribution in [0.1, 0.15) is 46.1 Å². The summed E-state index contributed by atoms with van der Waals surface area (Å²) in [6.45, 7) is 2.56. The van der Waals surface area contributed by atoms with Crippen LogP contribution in [-0.2, 0) is 11.3 Å². The van der Waals surface area contributed by atoms with Gasteiger partial charge in [-0.1, -0.05) is 12.1 Å². The third-order valence-electron chi connectivity index (χ3n) is 4.66. The Morgan fingerprint density at radius 1 is 1.23 bits per heavy atom. The van der Waals surface area contributed by atoms with Crippen molar-refractivity contribution in [1.82, 2.24) is 15.0 Å². The Kier molecular flexibility index (Phi) is 4.24. The van der Waals surface area contributed by atoms with E-state index >= 15 is 0 Å². The molecule has 0 saturated heterocycles. The number of pyridine rings is 1. The van der Waals surface area contributed by atoms with Gasteiger partial charge in [0.25, 0.3) is 0 Å². The van der Waals surface area contributed by atoms with Crippen molar-refractivity contribution in [2.45, 2.75) is 32.2 Å². The second-order valence-corrected chi connectivity index (χ2v) is 6.55. The molecule has 0 bridgehead atoms. The zero-order chi connectivity index (χ0) is 18.1. The Morgan fingerprint density at radius 2 is 2.08 bits per heavy atom. The molecule has 0 spiro atoms. The van der Waals surface area contributed by atoms with Crippen LogP contribution in [0.5, 0.6) is 0 Å². The van der Waals surface area contributed by atoms with Gasteiger partial charge >= 0.3 is 5.97 Å². The van der Waals surface area contributed by atoms with E-state index in [2.05, 4.69) is 15.3 Å². The van der Waals surface area contributed by atoms with Crippen molar-refractivity contribution in [3.8, 4) is 0 Å². The van der Waals surface area contributed by atoms with E-state index in [0.29, 0.717) is 18.0 Å². The van der Waals surface area contributed by atoms with E-state index in [9.17, 15) is 4.79 Å². The molecule has 3 aromatic rings. The molecule has 0 unspecified atom stereocenters. The first-order valence-electron chi connectivity index (χ1n) is 8.69. The van der Waals surface area contributed by atoms with Crippen molar-refractivity contribution in [3.63, 3.8) is 0 Å². The van der Waals surface area contributed by atoms with Gasteiger partial charge in [0, 0.05) is 11.3 Å². The third kappa shape index (κ3) is 3.10. The predicted molar refractivity (Wildman–Crippen MR) is 99.2 cm³/mol. The lowest BCUT2D eigenvalue weighted by Crippen LogP contribution is -2.10. The number of rotatable bonds is 5. The van der Waals surface area contributed by atoms with Crippen LogP contribution in [0.4, 0.5) is 5.82 Å². The SMILES string of the molecule is COC(=O)c1ccc(CNc2ncnc3c(C)cccc23)nc1C1CC1. The second-order valence-electron chi connectivity index (χ2n) is 6.55. The zero-order valence-electron chi connectivity index (χ0n) is 14.8. The molecule has 0 aliphatic heterocycles. The summed E-state index contributed by atoms with van der Waals surface area (Å²) in [5.74, 6) is 0.827. The van der Waals surface area contributed by atoms with Crippen molar-refractivity contribution in [1.29, 1.82) is 0 Å². The molecule has 0 amide bonds. The number of nitrogens with one attached hydrogen (secondary N) is 1. The van der Waals surface area contributed by atoms with Gasteiger partial charge < -0.3 is 10.1 Å². The van der Waals surface area contributed by atoms with E-state index in [0.717, 1.165) is 46.5 Å². The van der Waals surface area contributed by atoms with Gasteiger partial charge in [-0.05, 0) is 43.5 Å². The van der Waals surface area contributed by atoms with Crippen LogP contribution in [0.3, 0.4) is 0 Å². The monoisotopic (exact) mass is 348 g/mol. The summed E-state index contributed by atoms with van der Waals surface area (Å²) >= 11 is 0. The summed E-state index contributed by atoms with van der Waals surface area (Å²) in [6, 6.07) is 9.72. The lowest BCUT2D eigenvalue weighted by atomic mass is 10.1. The summed E-state index contributed by atoms with van der Waals surface area (Å²) in [4.78, 5) is 25.4. The predicted octanol–water partition coefficient (Wildman–Crippen LogP) is 3.61. The number of methoxy groups -OCH3 is 1. The first-order valence-corrected chi connectivity index (χ1v) is 8.69. The largest absolute Gasteiger partial charge is 0.465 e. The molecule has 1 saturated carbocycles. The number of esters is 1. The smallest absolute Gasteiger partial charge is 0.339 e. The lowest BCUT2D eigenvalue weighted by Gasteiger charge is -2.11. The quantitative estimate of drug-likeness (QED) is 0.710. The van der Waals surface area contributed by atoms with Crippen molar-refractivity contribution in [2.24, 2.45) is 0 Å². The van der Waals surface area contributed by atoms with Gasteiger partial charge in [0.15, 0.2) is 0 Å². The summed E-state index contributed by atoms with van der Waals surface area (Å²) in [6.07, 6.45) is 3.72. The summed E-state index contributed by atoms with van der Waals surface area (Å²) in [5, 5.41) is 4.34. The molecule has 1 aliphatic carbocycles. The lowest BCUT2D eigenvalue weighted by molar-refractivity contribution is 0.0598. The average molecular weight is 348 g/mol. The Balaban J connectivity index is 1.60. The molecule has 6 nitrogen and oxygen atoms in total. The minimum Gasteiger partial charge on any atom is -0.465 e. The van der Waals surface area contributed by atoms with Crippen LogP contribution in [-0.4, -0.2) is 28.0 Å². The molecule has 1 N–H and O–H groups in total. The number of hydrogen-bond donors (Lipinski definition) is 1. The van der Waals surface area contributed by atoms with Gasteiger partial charge in [0.05, 0.1) is 36.1 Å². The molecule has 4 rings (SSSR count).